The van der Waals surface area contributed by atoms with E-state index < -0.39 is 0 Å². The van der Waals surface area contributed by atoms with E-state index in [0.717, 1.165) is 0 Å². The molecular weight excluding hydrogens is 186 g/mol. The maximum Gasteiger partial charge on any atom is 0.317 e. The van der Waals surface area contributed by atoms with E-state index in [1.807, 2.05) is 13.8 Å². The maximum absolute atomic E-state index is 11.1. The number of anilines is 2. The molecule has 78 valence electrons. The van der Waals surface area contributed by atoms with Crippen LogP contribution in [-0.4, -0.2) is 28.7 Å². The summed E-state index contributed by atoms with van der Waals surface area (Å²) in [6.07, 6.45) is 0. The van der Waals surface area contributed by atoms with Crippen molar-refractivity contribution in [2.75, 3.05) is 17.6 Å². The molecule has 7 heteroatoms. The molecule has 0 radical (unpaired) electrons. The number of hydrogen-bond acceptors (Lipinski definition) is 6. The zero-order chi connectivity index (χ0) is 10.6. The molecule has 0 spiro atoms. The Morgan fingerprint density at radius 1 is 1.57 bits per heavy atom. The lowest BCUT2D eigenvalue weighted by Gasteiger charge is -2.07. The molecule has 0 aliphatic carbocycles. The topological polar surface area (TPSA) is 106 Å². The molecule has 0 atom stereocenters. The highest BCUT2D eigenvalue weighted by Crippen LogP contribution is 2.04. The van der Waals surface area contributed by atoms with Crippen LogP contribution in [0.5, 0.6) is 0 Å². The molecule has 1 rings (SSSR count). The molecule has 0 saturated carbocycles. The van der Waals surface area contributed by atoms with E-state index in [4.69, 9.17) is 10.2 Å². The predicted octanol–water partition coefficient (Wildman–Crippen LogP) is -0.412. The van der Waals surface area contributed by atoms with Gasteiger partial charge in [0.15, 0.2) is 0 Å². The van der Waals surface area contributed by atoms with Gasteiger partial charge >= 0.3 is 12.0 Å². The van der Waals surface area contributed by atoms with Gasteiger partial charge in [-0.1, -0.05) is 10.2 Å². The van der Waals surface area contributed by atoms with Crippen LogP contribution in [0.3, 0.4) is 0 Å². The van der Waals surface area contributed by atoms with Crippen LogP contribution in [0, 0.1) is 0 Å². The third-order valence-corrected chi connectivity index (χ3v) is 1.29. The van der Waals surface area contributed by atoms with Crippen molar-refractivity contribution in [3.8, 4) is 0 Å². The number of nitrogens with two attached hydrogens (primary N) is 1. The van der Waals surface area contributed by atoms with Gasteiger partial charge in [-0.3, -0.25) is 4.79 Å². The lowest BCUT2D eigenvalue weighted by molar-refractivity contribution is -0.119. The van der Waals surface area contributed by atoms with Gasteiger partial charge in [0.25, 0.3) is 0 Å². The molecular formula is C7H13N5O2. The molecule has 1 aromatic rings. The molecule has 0 saturated heterocycles. The Balaban J connectivity index is 2.30. The largest absolute Gasteiger partial charge is 0.390 e. The Morgan fingerprint density at radius 2 is 2.29 bits per heavy atom. The van der Waals surface area contributed by atoms with Gasteiger partial charge in [-0.2, -0.15) is 0 Å². The summed E-state index contributed by atoms with van der Waals surface area (Å²) in [5, 5.41) is 12.3. The lowest BCUT2D eigenvalue weighted by atomic mass is 10.4. The first-order chi connectivity index (χ1) is 6.58. The van der Waals surface area contributed by atoms with Crippen molar-refractivity contribution in [2.45, 2.75) is 19.9 Å². The number of carbonyl (C=O) groups is 1. The quantitative estimate of drug-likeness (QED) is 0.608. The van der Waals surface area contributed by atoms with E-state index in [1.54, 1.807) is 0 Å². The van der Waals surface area contributed by atoms with Gasteiger partial charge in [-0.25, -0.2) is 0 Å². The summed E-state index contributed by atoms with van der Waals surface area (Å²) in [6, 6.07) is 0.218. The first kappa shape index (κ1) is 10.3. The van der Waals surface area contributed by atoms with E-state index in [0.29, 0.717) is 0 Å². The number of rotatable bonds is 4. The van der Waals surface area contributed by atoms with Gasteiger partial charge in [-0.15, -0.1) is 0 Å². The Labute approximate surface area is 81.1 Å². The Hall–Kier alpha value is -1.79. The van der Waals surface area contributed by atoms with Crippen LogP contribution in [0.15, 0.2) is 4.42 Å². The highest BCUT2D eigenvalue weighted by atomic mass is 16.4. The van der Waals surface area contributed by atoms with Crippen molar-refractivity contribution in [1.29, 1.82) is 0 Å². The molecule has 0 aliphatic rings. The van der Waals surface area contributed by atoms with Crippen LogP contribution in [0.1, 0.15) is 13.8 Å². The molecule has 0 aromatic carbocycles. The van der Waals surface area contributed by atoms with Gasteiger partial charge in [0.2, 0.25) is 5.91 Å². The van der Waals surface area contributed by atoms with E-state index in [2.05, 4.69) is 20.8 Å². The molecule has 1 aromatic heterocycles. The number of nitrogen functional groups attached to an aromatic ring is 1. The van der Waals surface area contributed by atoms with Crippen molar-refractivity contribution < 1.29 is 9.21 Å². The SMILES string of the molecule is CC(C)NC(=O)CNc1nnc(N)o1. The first-order valence-corrected chi connectivity index (χ1v) is 4.20. The zero-order valence-electron chi connectivity index (χ0n) is 8.07. The second kappa shape index (κ2) is 4.45. The van der Waals surface area contributed by atoms with Gasteiger partial charge in [0.1, 0.15) is 0 Å². The summed E-state index contributed by atoms with van der Waals surface area (Å²) in [6.45, 7) is 3.84. The summed E-state index contributed by atoms with van der Waals surface area (Å²) in [4.78, 5) is 11.1. The highest BCUT2D eigenvalue weighted by molar-refractivity contribution is 5.80. The van der Waals surface area contributed by atoms with E-state index in [9.17, 15) is 4.79 Å². The van der Waals surface area contributed by atoms with Gasteiger partial charge in [0.05, 0.1) is 6.54 Å². The van der Waals surface area contributed by atoms with Crippen LogP contribution in [0.25, 0.3) is 0 Å². The van der Waals surface area contributed by atoms with Crippen molar-refractivity contribution in [3.05, 3.63) is 0 Å². The average molecular weight is 199 g/mol. The Kier molecular flexibility index (Phi) is 3.27. The summed E-state index contributed by atoms with van der Waals surface area (Å²) in [5.74, 6) is -0.142. The van der Waals surface area contributed by atoms with E-state index in [-0.39, 0.29) is 30.5 Å². The smallest absolute Gasteiger partial charge is 0.317 e. The van der Waals surface area contributed by atoms with Crippen LogP contribution >= 0.6 is 0 Å². The summed E-state index contributed by atoms with van der Waals surface area (Å²) in [7, 11) is 0. The third-order valence-electron chi connectivity index (χ3n) is 1.29. The van der Waals surface area contributed by atoms with Gasteiger partial charge in [0, 0.05) is 6.04 Å². The Bertz CT molecular complexity index is 309. The molecule has 0 aliphatic heterocycles. The molecule has 7 nitrogen and oxygen atoms in total. The van der Waals surface area contributed by atoms with Crippen molar-refractivity contribution >= 4 is 17.9 Å². The van der Waals surface area contributed by atoms with Gasteiger partial charge in [-0.05, 0) is 13.8 Å². The predicted molar refractivity (Wildman–Crippen MR) is 50.5 cm³/mol. The monoisotopic (exact) mass is 199 g/mol. The normalized spacial score (nSPS) is 10.2. The molecule has 0 fully saturated rings. The molecule has 14 heavy (non-hydrogen) atoms. The maximum atomic E-state index is 11.1. The number of hydrogen-bond donors (Lipinski definition) is 3. The molecule has 1 amide bonds. The van der Waals surface area contributed by atoms with Crippen molar-refractivity contribution in [1.82, 2.24) is 15.5 Å². The molecule has 1 heterocycles. The van der Waals surface area contributed by atoms with Crippen LogP contribution in [0.2, 0.25) is 0 Å². The third kappa shape index (κ3) is 3.30. The van der Waals surface area contributed by atoms with Crippen LogP contribution in [0.4, 0.5) is 12.0 Å². The molecule has 4 N–H and O–H groups in total. The average Bonchev–Trinajstić information content (AvgIpc) is 2.47. The second-order valence-electron chi connectivity index (χ2n) is 3.02. The minimum absolute atomic E-state index is 0.0308. The highest BCUT2D eigenvalue weighted by Gasteiger charge is 2.06. The standard InChI is InChI=1S/C7H13N5O2/c1-4(2)10-5(13)3-9-7-12-11-6(8)14-7/h4H,3H2,1-2H3,(H2,8,11)(H,9,12)(H,10,13). The number of nitrogens with one attached hydrogen (secondary N) is 2. The van der Waals surface area contributed by atoms with E-state index in [1.165, 1.54) is 0 Å². The summed E-state index contributed by atoms with van der Waals surface area (Å²) < 4.78 is 4.80. The first-order valence-electron chi connectivity index (χ1n) is 4.20. The fourth-order valence-corrected chi connectivity index (χ4v) is 0.835. The number of aromatic nitrogens is 2. The fourth-order valence-electron chi connectivity index (χ4n) is 0.835. The minimum Gasteiger partial charge on any atom is -0.390 e. The number of carbonyl (C=O) groups excluding carboxylic acids is 1. The summed E-state index contributed by atoms with van der Waals surface area (Å²) >= 11 is 0. The Morgan fingerprint density at radius 3 is 2.79 bits per heavy atom. The molecule has 0 bridgehead atoms. The van der Waals surface area contributed by atoms with Crippen molar-refractivity contribution in [2.24, 2.45) is 0 Å². The molecule has 0 unspecified atom stereocenters. The van der Waals surface area contributed by atoms with Crippen LogP contribution in [-0.2, 0) is 4.79 Å². The number of nitrogens with zero attached hydrogens (tertiary/aromatic N) is 2. The van der Waals surface area contributed by atoms with Crippen molar-refractivity contribution in [3.63, 3.8) is 0 Å². The zero-order valence-corrected chi connectivity index (χ0v) is 8.07. The minimum atomic E-state index is -0.142. The lowest BCUT2D eigenvalue weighted by Crippen LogP contribution is -2.34. The summed E-state index contributed by atoms with van der Waals surface area (Å²) in [5.41, 5.74) is 5.18. The number of amides is 1. The van der Waals surface area contributed by atoms with E-state index >= 15 is 0 Å². The van der Waals surface area contributed by atoms with Crippen LogP contribution < -0.4 is 16.4 Å². The fraction of sp³-hybridized carbons (Fsp3) is 0.571. The second-order valence-corrected chi connectivity index (χ2v) is 3.02. The van der Waals surface area contributed by atoms with Gasteiger partial charge < -0.3 is 20.8 Å².